The maximum atomic E-state index is 12.7. The van der Waals surface area contributed by atoms with Crippen molar-refractivity contribution in [1.29, 1.82) is 5.26 Å². The van der Waals surface area contributed by atoms with E-state index in [1.807, 2.05) is 0 Å². The molecule has 5 nitrogen and oxygen atoms in total. The zero-order chi connectivity index (χ0) is 12.7. The predicted octanol–water partition coefficient (Wildman–Crippen LogP) is 2.64. The van der Waals surface area contributed by atoms with Crippen molar-refractivity contribution in [1.82, 2.24) is 0 Å². The third-order valence-corrected chi connectivity index (χ3v) is 1.59. The van der Waals surface area contributed by atoms with Crippen molar-refractivity contribution in [2.75, 3.05) is 0 Å². The van der Waals surface area contributed by atoms with Crippen LogP contribution in [0.2, 0.25) is 0 Å². The van der Waals surface area contributed by atoms with E-state index >= 15 is 0 Å². The second-order valence-corrected chi connectivity index (χ2v) is 2.76. The molecule has 1 aromatic rings. The summed E-state index contributed by atoms with van der Waals surface area (Å²) in [6, 6.07) is 4.45. The van der Waals surface area contributed by atoms with Crippen LogP contribution in [0.25, 0.3) is 0 Å². The number of nitro benzene ring substituents is 1. The first kappa shape index (κ1) is 14.0. The lowest BCUT2D eigenvalue weighted by Gasteiger charge is -1.95. The van der Waals surface area contributed by atoms with Crippen LogP contribution in [0, 0.1) is 27.3 Å². The van der Waals surface area contributed by atoms with E-state index in [2.05, 4.69) is 0 Å². The summed E-state index contributed by atoms with van der Waals surface area (Å²) in [5, 5.41) is 16.7. The Hall–Kier alpha value is -2.00. The summed E-state index contributed by atoms with van der Waals surface area (Å²) >= 11 is 5.05. The predicted molar refractivity (Wildman–Crippen MR) is 54.5 cm³/mol. The number of carbonyl (C=O) groups is 1. The van der Waals surface area contributed by atoms with Crippen LogP contribution in [0.4, 0.5) is 10.1 Å². The number of hydrogen-bond donors (Lipinski definition) is 0. The highest BCUT2D eigenvalue weighted by Gasteiger charge is 2.16. The largest absolute Gasteiger partial charge is 0.305 e. The molecule has 0 aliphatic heterocycles. The van der Waals surface area contributed by atoms with Crippen LogP contribution in [-0.4, -0.2) is 10.2 Å². The van der Waals surface area contributed by atoms with E-state index < -0.39 is 21.7 Å². The smallest absolute Gasteiger partial charge is 0.276 e. The van der Waals surface area contributed by atoms with Crippen molar-refractivity contribution >= 4 is 22.5 Å². The summed E-state index contributed by atoms with van der Waals surface area (Å²) in [4.78, 5) is 19.8. The van der Waals surface area contributed by atoms with E-state index in [1.54, 1.807) is 6.07 Å². The van der Waals surface area contributed by atoms with E-state index in [-0.39, 0.29) is 5.56 Å². The molecule has 0 N–H and O–H groups in total. The Morgan fingerprint density at radius 1 is 1.62 bits per heavy atom. The minimum absolute atomic E-state index is 0.102. The van der Waals surface area contributed by atoms with Gasteiger partial charge in [-0.3, -0.25) is 14.9 Å². The Kier molecular flexibility index (Phi) is 5.67. The summed E-state index contributed by atoms with van der Waals surface area (Å²) in [6.07, 6.45) is 0. The highest BCUT2D eigenvalue weighted by Crippen LogP contribution is 2.19. The van der Waals surface area contributed by atoms with Gasteiger partial charge in [0.05, 0.1) is 11.0 Å². The van der Waals surface area contributed by atoms with Crippen LogP contribution < -0.4 is 0 Å². The van der Waals surface area contributed by atoms with Gasteiger partial charge in [-0.25, -0.2) is 0 Å². The molecule has 0 aliphatic rings. The van der Waals surface area contributed by atoms with Crippen LogP contribution in [0.5, 0.6) is 0 Å². The number of rotatable bonds is 2. The Morgan fingerprint density at radius 3 is 2.50 bits per heavy atom. The van der Waals surface area contributed by atoms with Gasteiger partial charge >= 0.3 is 5.69 Å². The topological polar surface area (TPSA) is 84.0 Å². The first-order chi connectivity index (χ1) is 7.43. The van der Waals surface area contributed by atoms with E-state index in [0.717, 1.165) is 18.2 Å². The number of nitriles is 1. The lowest BCUT2D eigenvalue weighted by atomic mass is 10.2. The molecule has 16 heavy (non-hydrogen) atoms. The number of hydrogen-bond acceptors (Lipinski definition) is 4. The quantitative estimate of drug-likeness (QED) is 0.455. The van der Waals surface area contributed by atoms with Crippen molar-refractivity contribution < 1.29 is 14.1 Å². The molecule has 0 saturated heterocycles. The fraction of sp³-hybridized carbons (Fsp3) is 0.111. The summed E-state index contributed by atoms with van der Waals surface area (Å²) in [7, 11) is 0. The Bertz CT molecular complexity index is 457. The highest BCUT2D eigenvalue weighted by atomic mass is 35.5. The summed E-state index contributed by atoms with van der Waals surface area (Å²) < 4.78 is 12.7. The van der Waals surface area contributed by atoms with Crippen molar-refractivity contribution in [3.8, 4) is 6.07 Å². The lowest BCUT2D eigenvalue weighted by Crippen LogP contribution is -1.96. The molecule has 0 fully saturated rings. The monoisotopic (exact) mass is 244 g/mol. The number of benzene rings is 1. The van der Waals surface area contributed by atoms with Gasteiger partial charge < -0.3 is 0 Å². The number of nitrogens with zero attached hydrogens (tertiary/aromatic N) is 2. The molecular weight excluding hydrogens is 239 g/mol. The molecule has 0 radical (unpaired) electrons. The van der Waals surface area contributed by atoms with Gasteiger partial charge in [-0.05, 0) is 23.7 Å². The lowest BCUT2D eigenvalue weighted by molar-refractivity contribution is -0.387. The third kappa shape index (κ3) is 4.02. The van der Waals surface area contributed by atoms with Crippen molar-refractivity contribution in [2.24, 2.45) is 0 Å². The van der Waals surface area contributed by atoms with E-state index in [0.29, 0.717) is 0 Å². The van der Waals surface area contributed by atoms with Crippen LogP contribution in [-0.2, 0) is 0 Å². The molecule has 0 unspecified atom stereocenters. The molecule has 1 aromatic carbocycles. The van der Waals surface area contributed by atoms with Crippen LogP contribution in [0.3, 0.4) is 0 Å². The first-order valence-corrected chi connectivity index (χ1v) is 4.26. The fourth-order valence-electron chi connectivity index (χ4n) is 0.775. The number of nitro groups is 1. The Balaban J connectivity index is 0.000000673. The van der Waals surface area contributed by atoms with Crippen LogP contribution >= 0.6 is 11.6 Å². The molecule has 0 aliphatic carbocycles. The fourth-order valence-corrected chi connectivity index (χ4v) is 0.892. The van der Waals surface area contributed by atoms with Crippen molar-refractivity contribution in [3.05, 3.63) is 39.7 Å². The molecule has 0 atom stereocenters. The molecule has 84 valence electrons. The average molecular weight is 245 g/mol. The molecule has 1 rings (SSSR count). The molecule has 7 heteroatoms. The third-order valence-electron chi connectivity index (χ3n) is 1.37. The minimum Gasteiger partial charge on any atom is -0.276 e. The maximum Gasteiger partial charge on any atom is 0.305 e. The molecule has 0 heterocycles. The minimum atomic E-state index is -0.994. The van der Waals surface area contributed by atoms with Crippen molar-refractivity contribution in [2.45, 2.75) is 6.92 Å². The van der Waals surface area contributed by atoms with Gasteiger partial charge in [0.1, 0.15) is 0 Å². The standard InChI is InChI=1S/C7H3ClFNO3.C2H3N/c8-7(11)4-1-2-5(9)6(3-4)10(12)13;1-2-3/h1-3H;1H3. The van der Waals surface area contributed by atoms with Gasteiger partial charge in [0.25, 0.3) is 5.24 Å². The van der Waals surface area contributed by atoms with Gasteiger partial charge in [0, 0.05) is 18.6 Å². The summed E-state index contributed by atoms with van der Waals surface area (Å²) in [5.74, 6) is -0.994. The normalized spacial score (nSPS) is 8.38. The second-order valence-electron chi connectivity index (χ2n) is 2.42. The number of halogens is 2. The summed E-state index contributed by atoms with van der Waals surface area (Å²) in [6.45, 7) is 1.43. The molecule has 0 spiro atoms. The van der Waals surface area contributed by atoms with E-state index in [9.17, 15) is 19.3 Å². The van der Waals surface area contributed by atoms with E-state index in [1.165, 1.54) is 6.92 Å². The molecule has 0 bridgehead atoms. The van der Waals surface area contributed by atoms with Crippen LogP contribution in [0.15, 0.2) is 18.2 Å². The van der Waals surface area contributed by atoms with Gasteiger partial charge in [0.15, 0.2) is 0 Å². The highest BCUT2D eigenvalue weighted by molar-refractivity contribution is 6.67. The SMILES string of the molecule is CC#N.O=C(Cl)c1ccc(F)c([N+](=O)[O-])c1. The van der Waals surface area contributed by atoms with Gasteiger partial charge in [-0.2, -0.15) is 9.65 Å². The molecule has 0 amide bonds. The molecule has 0 aromatic heterocycles. The molecular formula is C9H6ClFN2O3. The zero-order valence-corrected chi connectivity index (χ0v) is 8.86. The van der Waals surface area contributed by atoms with Gasteiger partial charge in [-0.1, -0.05) is 0 Å². The van der Waals surface area contributed by atoms with Crippen molar-refractivity contribution in [3.63, 3.8) is 0 Å². The van der Waals surface area contributed by atoms with Gasteiger partial charge in [-0.15, -0.1) is 0 Å². The first-order valence-electron chi connectivity index (χ1n) is 3.88. The van der Waals surface area contributed by atoms with Gasteiger partial charge in [0.2, 0.25) is 5.82 Å². The number of carbonyl (C=O) groups excluding carboxylic acids is 1. The van der Waals surface area contributed by atoms with E-state index in [4.69, 9.17) is 16.9 Å². The Labute approximate surface area is 95.2 Å². The summed E-state index contributed by atoms with van der Waals surface area (Å²) in [5.41, 5.74) is -0.860. The zero-order valence-electron chi connectivity index (χ0n) is 8.11. The molecule has 0 saturated carbocycles. The average Bonchev–Trinajstić information content (AvgIpc) is 2.18. The Morgan fingerprint density at radius 2 is 2.12 bits per heavy atom. The van der Waals surface area contributed by atoms with Crippen LogP contribution in [0.1, 0.15) is 17.3 Å². The second kappa shape index (κ2) is 6.48. The maximum absolute atomic E-state index is 12.7.